The number of hydrogen-bond donors (Lipinski definition) is 1. The van der Waals surface area contributed by atoms with E-state index in [-0.39, 0.29) is 12.5 Å². The van der Waals surface area contributed by atoms with Crippen LogP contribution in [0.4, 0.5) is 0 Å². The van der Waals surface area contributed by atoms with Crippen molar-refractivity contribution < 1.29 is 9.53 Å². The van der Waals surface area contributed by atoms with Crippen LogP contribution in [0.3, 0.4) is 0 Å². The number of hydrogen-bond acceptors (Lipinski definition) is 3. The quantitative estimate of drug-likeness (QED) is 0.300. The number of benzene rings is 3. The van der Waals surface area contributed by atoms with Crippen molar-refractivity contribution in [2.45, 2.75) is 40.2 Å². The predicted molar refractivity (Wildman–Crippen MR) is 132 cm³/mol. The lowest BCUT2D eigenvalue weighted by Gasteiger charge is -2.14. The van der Waals surface area contributed by atoms with E-state index in [1.54, 1.807) is 6.21 Å². The first-order chi connectivity index (χ1) is 15.5. The minimum atomic E-state index is -0.291. The zero-order chi connectivity index (χ0) is 22.7. The van der Waals surface area contributed by atoms with E-state index < -0.39 is 0 Å². The molecular weight excluding hydrogens is 398 g/mol. The Morgan fingerprint density at radius 2 is 1.84 bits per heavy atom. The monoisotopic (exact) mass is 427 g/mol. The average Bonchev–Trinajstić information content (AvgIpc) is 3.10. The van der Waals surface area contributed by atoms with Crippen LogP contribution in [0.15, 0.2) is 65.8 Å². The number of hydrazone groups is 1. The Morgan fingerprint density at radius 1 is 1.06 bits per heavy atom. The van der Waals surface area contributed by atoms with Crippen LogP contribution in [-0.4, -0.2) is 23.3 Å². The number of aromatic nitrogens is 1. The van der Waals surface area contributed by atoms with Gasteiger partial charge >= 0.3 is 0 Å². The van der Waals surface area contributed by atoms with Gasteiger partial charge in [-0.25, -0.2) is 5.43 Å². The minimum absolute atomic E-state index is 0.0798. The van der Waals surface area contributed by atoms with Gasteiger partial charge in [-0.2, -0.15) is 5.10 Å². The molecule has 32 heavy (non-hydrogen) atoms. The highest BCUT2D eigenvalue weighted by atomic mass is 16.5. The molecule has 0 aliphatic carbocycles. The standard InChI is InChI=1S/C27H29N3O2/c1-5-30-24-9-7-6-8-22(24)23-15-20(11-13-25(23)30)16-28-29-27(31)17-32-26-14-19(4)10-12-21(26)18(2)3/h6-16,18H,5,17H2,1-4H3,(H,29,31). The molecule has 0 aliphatic heterocycles. The first-order valence-corrected chi connectivity index (χ1v) is 11.0. The molecule has 0 fully saturated rings. The highest BCUT2D eigenvalue weighted by molar-refractivity contribution is 6.09. The number of fused-ring (bicyclic) bond motifs is 3. The SMILES string of the molecule is CCn1c2ccccc2c2cc(C=NNC(=O)COc3cc(C)ccc3C(C)C)ccc21. The molecule has 5 heteroatoms. The number of aryl methyl sites for hydroxylation is 2. The van der Waals surface area contributed by atoms with Crippen LogP contribution in [0.25, 0.3) is 21.8 Å². The molecule has 0 bridgehead atoms. The van der Waals surface area contributed by atoms with E-state index in [1.807, 2.05) is 19.1 Å². The van der Waals surface area contributed by atoms with Crippen LogP contribution < -0.4 is 10.2 Å². The van der Waals surface area contributed by atoms with Crippen molar-refractivity contribution in [1.82, 2.24) is 9.99 Å². The van der Waals surface area contributed by atoms with E-state index in [2.05, 4.69) is 84.4 Å². The fourth-order valence-electron chi connectivity index (χ4n) is 4.09. The molecule has 0 saturated carbocycles. The fraction of sp³-hybridized carbons (Fsp3) is 0.259. The highest BCUT2D eigenvalue weighted by Crippen LogP contribution is 2.29. The molecule has 1 heterocycles. The maximum absolute atomic E-state index is 12.2. The lowest BCUT2D eigenvalue weighted by molar-refractivity contribution is -0.123. The van der Waals surface area contributed by atoms with Crippen molar-refractivity contribution in [2.75, 3.05) is 6.61 Å². The Bertz CT molecular complexity index is 1300. The summed E-state index contributed by atoms with van der Waals surface area (Å²) in [6.45, 7) is 9.21. The Kier molecular flexibility index (Phi) is 6.26. The number of nitrogens with one attached hydrogen (secondary N) is 1. The van der Waals surface area contributed by atoms with E-state index in [0.717, 1.165) is 29.0 Å². The normalized spacial score (nSPS) is 11.7. The summed E-state index contributed by atoms with van der Waals surface area (Å²) in [6, 6.07) is 20.7. The number of para-hydroxylation sites is 1. The van der Waals surface area contributed by atoms with E-state index in [0.29, 0.717) is 5.92 Å². The summed E-state index contributed by atoms with van der Waals surface area (Å²) in [7, 11) is 0. The maximum atomic E-state index is 12.2. The van der Waals surface area contributed by atoms with E-state index in [1.165, 1.54) is 21.8 Å². The van der Waals surface area contributed by atoms with Gasteiger partial charge in [0.05, 0.1) is 6.21 Å². The zero-order valence-electron chi connectivity index (χ0n) is 19.1. The molecule has 0 spiro atoms. The summed E-state index contributed by atoms with van der Waals surface area (Å²) in [5.41, 5.74) is 8.10. The number of nitrogens with zero attached hydrogens (tertiary/aromatic N) is 2. The molecule has 4 rings (SSSR count). The molecule has 0 atom stereocenters. The molecule has 1 aromatic heterocycles. The third kappa shape index (κ3) is 4.37. The average molecular weight is 428 g/mol. The van der Waals surface area contributed by atoms with Gasteiger partial charge in [0.15, 0.2) is 6.61 Å². The third-order valence-corrected chi connectivity index (χ3v) is 5.67. The Balaban J connectivity index is 1.45. The Hall–Kier alpha value is -3.60. The molecule has 5 nitrogen and oxygen atoms in total. The zero-order valence-corrected chi connectivity index (χ0v) is 19.1. The third-order valence-electron chi connectivity index (χ3n) is 5.67. The van der Waals surface area contributed by atoms with Gasteiger partial charge in [0, 0.05) is 28.4 Å². The lowest BCUT2D eigenvalue weighted by Crippen LogP contribution is -2.25. The van der Waals surface area contributed by atoms with Crippen molar-refractivity contribution in [1.29, 1.82) is 0 Å². The van der Waals surface area contributed by atoms with Gasteiger partial charge in [0.1, 0.15) is 5.75 Å². The molecular formula is C27H29N3O2. The Labute approximate surface area is 188 Å². The number of rotatable bonds is 7. The molecule has 3 aromatic carbocycles. The van der Waals surface area contributed by atoms with Crippen LogP contribution in [0.2, 0.25) is 0 Å². The summed E-state index contributed by atoms with van der Waals surface area (Å²) in [6.07, 6.45) is 1.67. The number of carbonyl (C=O) groups excluding carboxylic acids is 1. The van der Waals surface area contributed by atoms with Crippen molar-refractivity contribution in [3.8, 4) is 5.75 Å². The van der Waals surface area contributed by atoms with Gasteiger partial charge in [-0.3, -0.25) is 4.79 Å². The van der Waals surface area contributed by atoms with Crippen molar-refractivity contribution in [3.05, 3.63) is 77.4 Å². The van der Waals surface area contributed by atoms with Crippen molar-refractivity contribution in [3.63, 3.8) is 0 Å². The maximum Gasteiger partial charge on any atom is 0.277 e. The summed E-state index contributed by atoms with van der Waals surface area (Å²) < 4.78 is 8.08. The second-order valence-corrected chi connectivity index (χ2v) is 8.32. The molecule has 0 aliphatic rings. The molecule has 4 aromatic rings. The number of amides is 1. The van der Waals surface area contributed by atoms with E-state index in [4.69, 9.17) is 4.74 Å². The van der Waals surface area contributed by atoms with Crippen LogP contribution in [0.1, 0.15) is 43.4 Å². The fourth-order valence-corrected chi connectivity index (χ4v) is 4.09. The van der Waals surface area contributed by atoms with Crippen LogP contribution in [0, 0.1) is 6.92 Å². The van der Waals surface area contributed by atoms with Gasteiger partial charge in [-0.15, -0.1) is 0 Å². The lowest BCUT2D eigenvalue weighted by atomic mass is 10.0. The topological polar surface area (TPSA) is 55.6 Å². The molecule has 1 amide bonds. The summed E-state index contributed by atoms with van der Waals surface area (Å²) >= 11 is 0. The molecule has 0 radical (unpaired) electrons. The van der Waals surface area contributed by atoms with Crippen LogP contribution in [-0.2, 0) is 11.3 Å². The van der Waals surface area contributed by atoms with Crippen LogP contribution >= 0.6 is 0 Å². The second-order valence-electron chi connectivity index (χ2n) is 8.32. The summed E-state index contributed by atoms with van der Waals surface area (Å²) in [5, 5.41) is 6.53. The molecule has 164 valence electrons. The molecule has 1 N–H and O–H groups in total. The van der Waals surface area contributed by atoms with Gasteiger partial charge in [0.2, 0.25) is 0 Å². The van der Waals surface area contributed by atoms with Crippen molar-refractivity contribution >= 4 is 33.9 Å². The van der Waals surface area contributed by atoms with E-state index >= 15 is 0 Å². The van der Waals surface area contributed by atoms with Gasteiger partial charge in [-0.1, -0.05) is 50.2 Å². The smallest absolute Gasteiger partial charge is 0.277 e. The first-order valence-electron chi connectivity index (χ1n) is 11.0. The van der Waals surface area contributed by atoms with Crippen LogP contribution in [0.5, 0.6) is 5.75 Å². The first kappa shape index (κ1) is 21.6. The van der Waals surface area contributed by atoms with Crippen molar-refractivity contribution in [2.24, 2.45) is 5.10 Å². The highest BCUT2D eigenvalue weighted by Gasteiger charge is 2.11. The summed E-state index contributed by atoms with van der Waals surface area (Å²) in [4.78, 5) is 12.2. The molecule has 0 unspecified atom stereocenters. The number of carbonyl (C=O) groups is 1. The predicted octanol–water partition coefficient (Wildman–Crippen LogP) is 5.78. The number of ether oxygens (including phenoxy) is 1. The van der Waals surface area contributed by atoms with E-state index in [9.17, 15) is 4.79 Å². The van der Waals surface area contributed by atoms with Gasteiger partial charge in [0.25, 0.3) is 5.91 Å². The Morgan fingerprint density at radius 3 is 2.62 bits per heavy atom. The van der Waals surface area contributed by atoms with Gasteiger partial charge < -0.3 is 9.30 Å². The van der Waals surface area contributed by atoms with Gasteiger partial charge in [-0.05, 0) is 60.7 Å². The minimum Gasteiger partial charge on any atom is -0.483 e. The second kappa shape index (κ2) is 9.27. The largest absolute Gasteiger partial charge is 0.483 e. The molecule has 0 saturated heterocycles. The summed E-state index contributed by atoms with van der Waals surface area (Å²) in [5.74, 6) is 0.776.